The minimum absolute atomic E-state index is 0.0563. The highest BCUT2D eigenvalue weighted by atomic mass is 16.5. The second-order valence-corrected chi connectivity index (χ2v) is 5.89. The highest BCUT2D eigenvalue weighted by Gasteiger charge is 2.37. The minimum Gasteiger partial charge on any atom is -0.481 e. The highest BCUT2D eigenvalue weighted by molar-refractivity contribution is 5.67. The molecule has 0 aromatic carbocycles. The molecular weight excluding hydrogens is 218 g/mol. The summed E-state index contributed by atoms with van der Waals surface area (Å²) in [5.41, 5.74) is -0.0563. The van der Waals surface area contributed by atoms with Crippen molar-refractivity contribution in [3.8, 4) is 0 Å². The maximum absolute atomic E-state index is 10.9. The Bertz CT molecular complexity index is 290. The largest absolute Gasteiger partial charge is 0.481 e. The van der Waals surface area contributed by atoms with E-state index in [0.717, 1.165) is 38.8 Å². The zero-order valence-electron chi connectivity index (χ0n) is 10.8. The first kappa shape index (κ1) is 12.8. The second kappa shape index (κ2) is 4.94. The lowest BCUT2D eigenvalue weighted by atomic mass is 9.92. The Hall–Kier alpha value is -0.610. The van der Waals surface area contributed by atoms with Gasteiger partial charge in [-0.1, -0.05) is 0 Å². The standard InChI is InChI=1S/C13H23NO3/c1-13(2)9-11(5-7-17-13)14-6-3-4-10(14)8-12(15)16/h10-11H,3-9H2,1-2H3,(H,15,16). The SMILES string of the molecule is CC1(C)CC(N2CCCC2CC(=O)O)CCO1. The van der Waals surface area contributed by atoms with E-state index in [1.165, 1.54) is 0 Å². The molecule has 2 aliphatic rings. The van der Waals surface area contributed by atoms with E-state index in [0.29, 0.717) is 6.04 Å². The van der Waals surface area contributed by atoms with Crippen LogP contribution in [0.4, 0.5) is 0 Å². The van der Waals surface area contributed by atoms with Crippen LogP contribution in [0.25, 0.3) is 0 Å². The molecule has 0 aromatic heterocycles. The number of carbonyl (C=O) groups is 1. The topological polar surface area (TPSA) is 49.8 Å². The van der Waals surface area contributed by atoms with Crippen LogP contribution in [0.3, 0.4) is 0 Å². The molecule has 0 aromatic rings. The van der Waals surface area contributed by atoms with Crippen LogP contribution in [0, 0.1) is 0 Å². The van der Waals surface area contributed by atoms with Gasteiger partial charge in [0.2, 0.25) is 0 Å². The Labute approximate surface area is 103 Å². The van der Waals surface area contributed by atoms with Crippen molar-refractivity contribution in [1.82, 2.24) is 4.90 Å². The van der Waals surface area contributed by atoms with Gasteiger partial charge in [0.25, 0.3) is 0 Å². The number of ether oxygens (including phenoxy) is 1. The van der Waals surface area contributed by atoms with E-state index in [2.05, 4.69) is 18.7 Å². The summed E-state index contributed by atoms with van der Waals surface area (Å²) in [5, 5.41) is 8.94. The Kier molecular flexibility index (Phi) is 3.73. The lowest BCUT2D eigenvalue weighted by molar-refractivity contribution is -0.138. The fourth-order valence-corrected chi connectivity index (χ4v) is 3.24. The molecule has 17 heavy (non-hydrogen) atoms. The van der Waals surface area contributed by atoms with Crippen molar-refractivity contribution < 1.29 is 14.6 Å². The quantitative estimate of drug-likeness (QED) is 0.819. The van der Waals surface area contributed by atoms with Crippen LogP contribution in [0.2, 0.25) is 0 Å². The smallest absolute Gasteiger partial charge is 0.304 e. The predicted octanol–water partition coefficient (Wildman–Crippen LogP) is 1.88. The van der Waals surface area contributed by atoms with Crippen LogP contribution in [-0.2, 0) is 9.53 Å². The second-order valence-electron chi connectivity index (χ2n) is 5.89. The third-order valence-corrected chi connectivity index (χ3v) is 3.97. The zero-order chi connectivity index (χ0) is 12.5. The van der Waals surface area contributed by atoms with Gasteiger partial charge in [0.1, 0.15) is 0 Å². The molecule has 0 spiro atoms. The number of rotatable bonds is 3. The summed E-state index contributed by atoms with van der Waals surface area (Å²) in [5.74, 6) is -0.673. The van der Waals surface area contributed by atoms with Gasteiger partial charge in [-0.05, 0) is 46.1 Å². The third-order valence-electron chi connectivity index (χ3n) is 3.97. The van der Waals surface area contributed by atoms with Gasteiger partial charge in [0.15, 0.2) is 0 Å². The Morgan fingerprint density at radius 2 is 2.24 bits per heavy atom. The van der Waals surface area contributed by atoms with Crippen molar-refractivity contribution in [1.29, 1.82) is 0 Å². The Morgan fingerprint density at radius 3 is 2.88 bits per heavy atom. The maximum Gasteiger partial charge on any atom is 0.304 e. The first-order valence-corrected chi connectivity index (χ1v) is 6.59. The van der Waals surface area contributed by atoms with Gasteiger partial charge in [0.05, 0.1) is 12.0 Å². The summed E-state index contributed by atoms with van der Waals surface area (Å²) in [6, 6.07) is 0.747. The summed E-state index contributed by atoms with van der Waals surface area (Å²) in [4.78, 5) is 13.3. The van der Waals surface area contributed by atoms with Crippen LogP contribution >= 0.6 is 0 Å². The molecule has 98 valence electrons. The predicted molar refractivity (Wildman–Crippen MR) is 65.0 cm³/mol. The van der Waals surface area contributed by atoms with E-state index < -0.39 is 5.97 Å². The van der Waals surface area contributed by atoms with E-state index in [4.69, 9.17) is 9.84 Å². The van der Waals surface area contributed by atoms with Crippen LogP contribution in [0.15, 0.2) is 0 Å². The lowest BCUT2D eigenvalue weighted by Gasteiger charge is -2.41. The fourth-order valence-electron chi connectivity index (χ4n) is 3.24. The Balaban J connectivity index is 1.98. The number of carboxylic acid groups (broad SMARTS) is 1. The molecule has 2 unspecified atom stereocenters. The van der Waals surface area contributed by atoms with Gasteiger partial charge in [0, 0.05) is 18.7 Å². The number of hydrogen-bond donors (Lipinski definition) is 1. The van der Waals surface area contributed by atoms with Gasteiger partial charge in [-0.15, -0.1) is 0 Å². The van der Waals surface area contributed by atoms with Crippen molar-refractivity contribution in [2.45, 2.75) is 63.6 Å². The molecule has 0 bridgehead atoms. The molecule has 0 aliphatic carbocycles. The highest BCUT2D eigenvalue weighted by Crippen LogP contribution is 2.32. The van der Waals surface area contributed by atoms with Gasteiger partial charge in [-0.25, -0.2) is 0 Å². The van der Waals surface area contributed by atoms with Gasteiger partial charge in [-0.2, -0.15) is 0 Å². The van der Waals surface area contributed by atoms with Crippen molar-refractivity contribution in [2.24, 2.45) is 0 Å². The fraction of sp³-hybridized carbons (Fsp3) is 0.923. The molecule has 2 atom stereocenters. The van der Waals surface area contributed by atoms with E-state index in [1.807, 2.05) is 0 Å². The van der Waals surface area contributed by atoms with Gasteiger partial charge >= 0.3 is 5.97 Å². The summed E-state index contributed by atoms with van der Waals surface area (Å²) < 4.78 is 5.73. The summed E-state index contributed by atoms with van der Waals surface area (Å²) >= 11 is 0. The monoisotopic (exact) mass is 241 g/mol. The average Bonchev–Trinajstić information content (AvgIpc) is 2.63. The third kappa shape index (κ3) is 3.19. The van der Waals surface area contributed by atoms with Crippen LogP contribution in [-0.4, -0.2) is 46.8 Å². The lowest BCUT2D eigenvalue weighted by Crippen LogP contribution is -2.48. The van der Waals surface area contributed by atoms with Gasteiger partial charge in [-0.3, -0.25) is 9.69 Å². The van der Waals surface area contributed by atoms with Crippen molar-refractivity contribution in [2.75, 3.05) is 13.2 Å². The summed E-state index contributed by atoms with van der Waals surface area (Å²) in [6.07, 6.45) is 4.51. The van der Waals surface area contributed by atoms with E-state index in [-0.39, 0.29) is 18.1 Å². The van der Waals surface area contributed by atoms with Crippen molar-refractivity contribution in [3.63, 3.8) is 0 Å². The van der Waals surface area contributed by atoms with E-state index in [1.54, 1.807) is 0 Å². The molecule has 0 amide bonds. The number of aliphatic carboxylic acids is 1. The number of carboxylic acids is 1. The maximum atomic E-state index is 10.9. The number of nitrogens with zero attached hydrogens (tertiary/aromatic N) is 1. The van der Waals surface area contributed by atoms with E-state index >= 15 is 0 Å². The van der Waals surface area contributed by atoms with Crippen LogP contribution < -0.4 is 0 Å². The minimum atomic E-state index is -0.673. The molecule has 4 nitrogen and oxygen atoms in total. The molecular formula is C13H23NO3. The Morgan fingerprint density at radius 1 is 1.47 bits per heavy atom. The van der Waals surface area contributed by atoms with Crippen LogP contribution in [0.1, 0.15) is 46.0 Å². The normalized spacial score (nSPS) is 33.8. The zero-order valence-corrected chi connectivity index (χ0v) is 10.8. The first-order valence-electron chi connectivity index (χ1n) is 6.59. The van der Waals surface area contributed by atoms with E-state index in [9.17, 15) is 4.79 Å². The molecule has 1 N–H and O–H groups in total. The molecule has 2 aliphatic heterocycles. The summed E-state index contributed by atoms with van der Waals surface area (Å²) in [6.45, 7) is 6.11. The van der Waals surface area contributed by atoms with Gasteiger partial charge < -0.3 is 9.84 Å². The average molecular weight is 241 g/mol. The molecule has 0 radical (unpaired) electrons. The number of hydrogen-bond acceptors (Lipinski definition) is 3. The summed E-state index contributed by atoms with van der Waals surface area (Å²) in [7, 11) is 0. The first-order chi connectivity index (χ1) is 7.98. The number of likely N-dealkylation sites (tertiary alicyclic amines) is 1. The molecule has 2 heterocycles. The molecule has 2 saturated heterocycles. The molecule has 4 heteroatoms. The molecule has 2 rings (SSSR count). The van der Waals surface area contributed by atoms with Crippen molar-refractivity contribution >= 4 is 5.97 Å². The van der Waals surface area contributed by atoms with Crippen molar-refractivity contribution in [3.05, 3.63) is 0 Å². The molecule has 0 saturated carbocycles. The van der Waals surface area contributed by atoms with Crippen LogP contribution in [0.5, 0.6) is 0 Å². The molecule has 2 fully saturated rings.